The van der Waals surface area contributed by atoms with Crippen LogP contribution in [0.1, 0.15) is 31.2 Å². The van der Waals surface area contributed by atoms with Crippen molar-refractivity contribution in [2.24, 2.45) is 0 Å². The Balaban J connectivity index is 1.60. The molecule has 4 rings (SSSR count). The molecule has 2 aromatic heterocycles. The number of anilines is 2. The van der Waals surface area contributed by atoms with Crippen LogP contribution in [0.5, 0.6) is 0 Å². The molecular formula is C19H19N3S. The van der Waals surface area contributed by atoms with Crippen LogP contribution in [0.3, 0.4) is 0 Å². The Hall–Kier alpha value is -2.33. The number of hydrogen-bond donors (Lipinski definition) is 2. The zero-order valence-corrected chi connectivity index (χ0v) is 13.7. The third kappa shape index (κ3) is 3.08. The maximum Gasteiger partial charge on any atom is 0.152 e. The Labute approximate surface area is 140 Å². The summed E-state index contributed by atoms with van der Waals surface area (Å²) in [6.45, 7) is 0. The van der Waals surface area contributed by atoms with Gasteiger partial charge in [0.1, 0.15) is 0 Å². The topological polar surface area (TPSA) is 40.7 Å². The lowest BCUT2D eigenvalue weighted by Crippen LogP contribution is -1.92. The minimum atomic E-state index is 0.848. The molecule has 2 N–H and O–H groups in total. The number of H-pyrrole nitrogens is 1. The van der Waals surface area contributed by atoms with E-state index in [4.69, 9.17) is 0 Å². The monoisotopic (exact) mass is 321 g/mol. The maximum atomic E-state index is 4.40. The summed E-state index contributed by atoms with van der Waals surface area (Å²) in [5.41, 5.74) is 6.23. The van der Waals surface area contributed by atoms with E-state index in [1.165, 1.54) is 42.4 Å². The molecule has 1 aromatic carbocycles. The first-order valence-corrected chi connectivity index (χ1v) is 8.98. The van der Waals surface area contributed by atoms with Gasteiger partial charge in [-0.1, -0.05) is 24.3 Å². The summed E-state index contributed by atoms with van der Waals surface area (Å²) in [6.07, 6.45) is 7.40. The highest BCUT2D eigenvalue weighted by Gasteiger charge is 2.14. The zero-order chi connectivity index (χ0) is 15.5. The maximum absolute atomic E-state index is 4.40. The second kappa shape index (κ2) is 6.42. The van der Waals surface area contributed by atoms with Crippen molar-refractivity contribution < 1.29 is 0 Å². The Morgan fingerprint density at radius 2 is 1.91 bits per heavy atom. The van der Waals surface area contributed by atoms with E-state index in [0.29, 0.717) is 0 Å². The number of aromatic nitrogens is 2. The van der Waals surface area contributed by atoms with Gasteiger partial charge in [-0.2, -0.15) is 16.4 Å². The summed E-state index contributed by atoms with van der Waals surface area (Å²) in [4.78, 5) is 0. The predicted molar refractivity (Wildman–Crippen MR) is 98.1 cm³/mol. The number of benzene rings is 1. The van der Waals surface area contributed by atoms with Crippen molar-refractivity contribution in [3.63, 3.8) is 0 Å². The molecule has 2 heterocycles. The van der Waals surface area contributed by atoms with Gasteiger partial charge in [-0.05, 0) is 54.3 Å². The summed E-state index contributed by atoms with van der Waals surface area (Å²) >= 11 is 1.76. The number of nitrogens with zero attached hydrogens (tertiary/aromatic N) is 1. The Kier molecular flexibility index (Phi) is 3.99. The number of allylic oxidation sites excluding steroid dienone is 2. The molecule has 3 nitrogen and oxygen atoms in total. The number of para-hydroxylation sites is 1. The number of thiophene rings is 1. The smallest absolute Gasteiger partial charge is 0.152 e. The van der Waals surface area contributed by atoms with Crippen LogP contribution in [-0.2, 0) is 0 Å². The molecule has 1 aliphatic rings. The largest absolute Gasteiger partial charge is 0.339 e. The fourth-order valence-electron chi connectivity index (χ4n) is 3.03. The van der Waals surface area contributed by atoms with Crippen LogP contribution >= 0.6 is 11.3 Å². The van der Waals surface area contributed by atoms with Crippen molar-refractivity contribution in [1.82, 2.24) is 10.2 Å². The Morgan fingerprint density at radius 3 is 2.74 bits per heavy atom. The summed E-state index contributed by atoms with van der Waals surface area (Å²) in [6, 6.07) is 12.2. The van der Waals surface area contributed by atoms with E-state index in [-0.39, 0.29) is 0 Å². The molecule has 0 fully saturated rings. The third-order valence-electron chi connectivity index (χ3n) is 4.21. The van der Waals surface area contributed by atoms with Crippen LogP contribution in [0, 0.1) is 0 Å². The van der Waals surface area contributed by atoms with E-state index >= 15 is 0 Å². The molecule has 3 aromatic rings. The summed E-state index contributed by atoms with van der Waals surface area (Å²) in [5, 5.41) is 15.4. The van der Waals surface area contributed by atoms with Crippen LogP contribution in [0.15, 0.2) is 53.2 Å². The van der Waals surface area contributed by atoms with Gasteiger partial charge in [-0.15, -0.1) is 0 Å². The summed E-state index contributed by atoms with van der Waals surface area (Å²) in [5.74, 6) is 0.848. The van der Waals surface area contributed by atoms with Crippen molar-refractivity contribution in [3.05, 3.63) is 58.8 Å². The van der Waals surface area contributed by atoms with Gasteiger partial charge < -0.3 is 5.32 Å². The van der Waals surface area contributed by atoms with Crippen molar-refractivity contribution in [3.8, 4) is 11.3 Å². The normalized spacial score (nSPS) is 14.5. The van der Waals surface area contributed by atoms with Gasteiger partial charge in [0.2, 0.25) is 0 Å². The quantitative estimate of drug-likeness (QED) is 0.634. The van der Waals surface area contributed by atoms with E-state index in [1.807, 2.05) is 30.3 Å². The molecule has 4 heteroatoms. The lowest BCUT2D eigenvalue weighted by atomic mass is 9.92. The van der Waals surface area contributed by atoms with Gasteiger partial charge in [0.05, 0.1) is 5.69 Å². The average Bonchev–Trinajstić information content (AvgIpc) is 3.25. The Morgan fingerprint density at radius 1 is 1.04 bits per heavy atom. The van der Waals surface area contributed by atoms with E-state index in [1.54, 1.807) is 11.3 Å². The highest BCUT2D eigenvalue weighted by molar-refractivity contribution is 7.08. The van der Waals surface area contributed by atoms with Crippen molar-refractivity contribution in [1.29, 1.82) is 0 Å². The standard InChI is InChI=1S/C19H19N3S/c1-3-7-14(8-4-1)16-12-23-13-17(16)18-11-19(22-21-18)20-15-9-5-2-6-10-15/h2,5-7,9-13H,1,3-4,8H2,(H2,20,21,22). The highest BCUT2D eigenvalue weighted by atomic mass is 32.1. The first kappa shape index (κ1) is 14.3. The molecule has 0 saturated carbocycles. The van der Waals surface area contributed by atoms with Crippen LogP contribution in [0.2, 0.25) is 0 Å². The minimum Gasteiger partial charge on any atom is -0.339 e. The average molecular weight is 321 g/mol. The van der Waals surface area contributed by atoms with Gasteiger partial charge >= 0.3 is 0 Å². The first-order chi connectivity index (χ1) is 11.4. The molecule has 23 heavy (non-hydrogen) atoms. The molecule has 1 aliphatic carbocycles. The van der Waals surface area contributed by atoms with Crippen LogP contribution in [0.25, 0.3) is 16.8 Å². The van der Waals surface area contributed by atoms with Crippen LogP contribution < -0.4 is 5.32 Å². The third-order valence-corrected chi connectivity index (χ3v) is 4.96. The predicted octanol–water partition coefficient (Wildman–Crippen LogP) is 5.84. The minimum absolute atomic E-state index is 0.848. The molecule has 0 amide bonds. The second-order valence-corrected chi connectivity index (χ2v) is 6.58. The second-order valence-electron chi connectivity index (χ2n) is 5.83. The number of hydrogen-bond acceptors (Lipinski definition) is 3. The van der Waals surface area contributed by atoms with Gasteiger partial charge in [0.15, 0.2) is 5.82 Å². The molecule has 0 radical (unpaired) electrons. The van der Waals surface area contributed by atoms with E-state index < -0.39 is 0 Å². The number of aromatic amines is 1. The molecule has 0 spiro atoms. The lowest BCUT2D eigenvalue weighted by molar-refractivity contribution is 0.742. The van der Waals surface area contributed by atoms with Gasteiger partial charge in [0.25, 0.3) is 0 Å². The molecule has 0 aliphatic heterocycles. The van der Waals surface area contributed by atoms with E-state index in [2.05, 4.69) is 38.4 Å². The van der Waals surface area contributed by atoms with Crippen LogP contribution in [0.4, 0.5) is 11.5 Å². The number of rotatable bonds is 4. The van der Waals surface area contributed by atoms with Crippen molar-refractivity contribution >= 4 is 28.4 Å². The van der Waals surface area contributed by atoms with Crippen molar-refractivity contribution in [2.75, 3.05) is 5.32 Å². The molecule has 0 saturated heterocycles. The van der Waals surface area contributed by atoms with E-state index in [9.17, 15) is 0 Å². The summed E-state index contributed by atoms with van der Waals surface area (Å²) in [7, 11) is 0. The fraction of sp³-hybridized carbons (Fsp3) is 0.211. The Bertz CT molecular complexity index is 814. The van der Waals surface area contributed by atoms with Gasteiger partial charge in [-0.3, -0.25) is 5.10 Å². The lowest BCUT2D eigenvalue weighted by Gasteiger charge is -2.12. The van der Waals surface area contributed by atoms with Gasteiger partial charge in [0, 0.05) is 22.7 Å². The zero-order valence-electron chi connectivity index (χ0n) is 12.9. The molecule has 0 atom stereocenters. The van der Waals surface area contributed by atoms with Crippen molar-refractivity contribution in [2.45, 2.75) is 25.7 Å². The molecule has 116 valence electrons. The highest BCUT2D eigenvalue weighted by Crippen LogP contribution is 2.36. The molecular weight excluding hydrogens is 302 g/mol. The molecule has 0 bridgehead atoms. The van der Waals surface area contributed by atoms with Gasteiger partial charge in [-0.25, -0.2) is 0 Å². The SMILES string of the molecule is C1=C(c2cscc2-c2cc(Nc3ccccc3)n[nH]2)CCCC1. The van der Waals surface area contributed by atoms with Crippen LogP contribution in [-0.4, -0.2) is 10.2 Å². The molecule has 0 unspecified atom stereocenters. The summed E-state index contributed by atoms with van der Waals surface area (Å²) < 4.78 is 0. The number of nitrogens with one attached hydrogen (secondary N) is 2. The first-order valence-electron chi connectivity index (χ1n) is 8.03. The van der Waals surface area contributed by atoms with E-state index in [0.717, 1.165) is 17.2 Å². The fourth-order valence-corrected chi connectivity index (χ4v) is 3.90.